The third kappa shape index (κ3) is 2.56. The van der Waals surface area contributed by atoms with Crippen LogP contribution in [0, 0.1) is 27.7 Å². The van der Waals surface area contributed by atoms with Crippen LogP contribution in [0.2, 0.25) is 0 Å². The fourth-order valence-electron chi connectivity index (χ4n) is 2.53. The zero-order chi connectivity index (χ0) is 14.2. The summed E-state index contributed by atoms with van der Waals surface area (Å²) in [4.78, 5) is 0. The first-order valence-electron chi connectivity index (χ1n) is 6.57. The standard InChI is InChI=1S/C14H22N4O/c1-8-13(12(5)19-17-8)7-15-9(2)14-10(3)16-18(6)11(14)4/h9,15H,7H2,1-6H3. The van der Waals surface area contributed by atoms with Crippen molar-refractivity contribution in [3.05, 3.63) is 34.0 Å². The van der Waals surface area contributed by atoms with E-state index >= 15 is 0 Å². The van der Waals surface area contributed by atoms with Crippen LogP contribution in [-0.2, 0) is 13.6 Å². The Balaban J connectivity index is 2.12. The number of aromatic nitrogens is 3. The molecular weight excluding hydrogens is 240 g/mol. The molecule has 2 aromatic heterocycles. The van der Waals surface area contributed by atoms with Gasteiger partial charge in [-0.25, -0.2) is 0 Å². The molecule has 0 aliphatic heterocycles. The van der Waals surface area contributed by atoms with Crippen LogP contribution in [0.25, 0.3) is 0 Å². The van der Waals surface area contributed by atoms with Gasteiger partial charge in [0.2, 0.25) is 0 Å². The Morgan fingerprint density at radius 2 is 1.89 bits per heavy atom. The molecule has 1 unspecified atom stereocenters. The second-order valence-corrected chi connectivity index (χ2v) is 5.11. The first-order valence-corrected chi connectivity index (χ1v) is 6.57. The number of aryl methyl sites for hydroxylation is 4. The molecule has 1 atom stereocenters. The average molecular weight is 262 g/mol. The molecule has 0 saturated carbocycles. The van der Waals surface area contributed by atoms with Gasteiger partial charge in [0.05, 0.1) is 11.4 Å². The maximum absolute atomic E-state index is 5.18. The van der Waals surface area contributed by atoms with E-state index in [0.717, 1.165) is 29.3 Å². The van der Waals surface area contributed by atoms with Crippen LogP contribution in [0.5, 0.6) is 0 Å². The van der Waals surface area contributed by atoms with Crippen molar-refractivity contribution in [3.8, 4) is 0 Å². The van der Waals surface area contributed by atoms with E-state index in [1.165, 1.54) is 11.3 Å². The molecule has 0 aromatic carbocycles. The van der Waals surface area contributed by atoms with Crippen LogP contribution >= 0.6 is 0 Å². The maximum atomic E-state index is 5.18. The molecule has 0 bridgehead atoms. The quantitative estimate of drug-likeness (QED) is 0.919. The molecule has 0 radical (unpaired) electrons. The van der Waals surface area contributed by atoms with E-state index in [-0.39, 0.29) is 6.04 Å². The Morgan fingerprint density at radius 3 is 2.37 bits per heavy atom. The van der Waals surface area contributed by atoms with Crippen molar-refractivity contribution >= 4 is 0 Å². The molecule has 0 spiro atoms. The van der Waals surface area contributed by atoms with Gasteiger partial charge in [-0.1, -0.05) is 5.16 Å². The van der Waals surface area contributed by atoms with Crippen LogP contribution < -0.4 is 5.32 Å². The van der Waals surface area contributed by atoms with Crippen molar-refractivity contribution in [2.24, 2.45) is 7.05 Å². The highest BCUT2D eigenvalue weighted by Gasteiger charge is 2.17. The molecular formula is C14H22N4O. The molecule has 0 amide bonds. The Hall–Kier alpha value is -1.62. The zero-order valence-electron chi connectivity index (χ0n) is 12.5. The molecule has 1 N–H and O–H groups in total. The van der Waals surface area contributed by atoms with E-state index in [0.29, 0.717) is 0 Å². The molecule has 2 rings (SSSR count). The van der Waals surface area contributed by atoms with Gasteiger partial charge in [-0.05, 0) is 34.6 Å². The van der Waals surface area contributed by atoms with Gasteiger partial charge in [-0.2, -0.15) is 5.10 Å². The minimum Gasteiger partial charge on any atom is -0.361 e. The summed E-state index contributed by atoms with van der Waals surface area (Å²) in [5.41, 5.74) is 5.66. The average Bonchev–Trinajstić information content (AvgIpc) is 2.78. The van der Waals surface area contributed by atoms with Crippen LogP contribution in [-0.4, -0.2) is 14.9 Å². The van der Waals surface area contributed by atoms with Gasteiger partial charge in [-0.3, -0.25) is 4.68 Å². The van der Waals surface area contributed by atoms with Gasteiger partial charge in [0.15, 0.2) is 0 Å². The molecule has 2 aromatic rings. The summed E-state index contributed by atoms with van der Waals surface area (Å²) in [5, 5.41) is 12.0. The monoisotopic (exact) mass is 262 g/mol. The largest absolute Gasteiger partial charge is 0.361 e. The summed E-state index contributed by atoms with van der Waals surface area (Å²) >= 11 is 0. The van der Waals surface area contributed by atoms with E-state index in [4.69, 9.17) is 4.52 Å². The van der Waals surface area contributed by atoms with E-state index in [2.05, 4.69) is 36.3 Å². The highest BCUT2D eigenvalue weighted by Crippen LogP contribution is 2.21. The van der Waals surface area contributed by atoms with Crippen LogP contribution in [0.15, 0.2) is 4.52 Å². The van der Waals surface area contributed by atoms with Crippen molar-refractivity contribution in [3.63, 3.8) is 0 Å². The molecule has 0 saturated heterocycles. The number of rotatable bonds is 4. The van der Waals surface area contributed by atoms with Gasteiger partial charge >= 0.3 is 0 Å². The Morgan fingerprint density at radius 1 is 1.21 bits per heavy atom. The lowest BCUT2D eigenvalue weighted by atomic mass is 10.1. The molecule has 5 heteroatoms. The second-order valence-electron chi connectivity index (χ2n) is 5.11. The van der Waals surface area contributed by atoms with Crippen LogP contribution in [0.1, 0.15) is 46.9 Å². The van der Waals surface area contributed by atoms with E-state index < -0.39 is 0 Å². The van der Waals surface area contributed by atoms with Gasteiger partial charge in [0, 0.05) is 36.5 Å². The summed E-state index contributed by atoms with van der Waals surface area (Å²) in [6.07, 6.45) is 0. The first kappa shape index (κ1) is 13.8. The molecule has 19 heavy (non-hydrogen) atoms. The third-order valence-corrected chi connectivity index (χ3v) is 3.76. The zero-order valence-corrected chi connectivity index (χ0v) is 12.5. The molecule has 0 fully saturated rings. The number of nitrogens with zero attached hydrogens (tertiary/aromatic N) is 3. The first-order chi connectivity index (χ1) is 8.91. The molecule has 104 valence electrons. The lowest BCUT2D eigenvalue weighted by Gasteiger charge is -2.14. The minimum absolute atomic E-state index is 0.252. The summed E-state index contributed by atoms with van der Waals surface area (Å²) in [6.45, 7) is 11.0. The fourth-order valence-corrected chi connectivity index (χ4v) is 2.53. The molecule has 0 aliphatic rings. The topological polar surface area (TPSA) is 55.9 Å². The van der Waals surface area contributed by atoms with Gasteiger partial charge in [0.25, 0.3) is 0 Å². The van der Waals surface area contributed by atoms with Gasteiger partial charge in [-0.15, -0.1) is 0 Å². The van der Waals surface area contributed by atoms with Crippen molar-refractivity contribution in [2.45, 2.75) is 47.2 Å². The third-order valence-electron chi connectivity index (χ3n) is 3.76. The fraction of sp³-hybridized carbons (Fsp3) is 0.571. The second kappa shape index (κ2) is 5.17. The van der Waals surface area contributed by atoms with Crippen LogP contribution in [0.3, 0.4) is 0 Å². The van der Waals surface area contributed by atoms with Crippen molar-refractivity contribution in [1.29, 1.82) is 0 Å². The Kier molecular flexibility index (Phi) is 3.75. The smallest absolute Gasteiger partial charge is 0.138 e. The van der Waals surface area contributed by atoms with Crippen LogP contribution in [0.4, 0.5) is 0 Å². The predicted molar refractivity (Wildman–Crippen MR) is 73.9 cm³/mol. The summed E-state index contributed by atoms with van der Waals surface area (Å²) < 4.78 is 7.11. The minimum atomic E-state index is 0.252. The normalized spacial score (nSPS) is 12.9. The molecule has 2 heterocycles. The number of hydrogen-bond acceptors (Lipinski definition) is 4. The van der Waals surface area contributed by atoms with E-state index in [1.807, 2.05) is 25.6 Å². The highest BCUT2D eigenvalue weighted by atomic mass is 16.5. The SMILES string of the molecule is Cc1noc(C)c1CNC(C)c1c(C)nn(C)c1C. The predicted octanol–water partition coefficient (Wildman–Crippen LogP) is 2.49. The molecule has 5 nitrogen and oxygen atoms in total. The lowest BCUT2D eigenvalue weighted by molar-refractivity contribution is 0.391. The van der Waals surface area contributed by atoms with Crippen molar-refractivity contribution in [1.82, 2.24) is 20.3 Å². The number of nitrogens with one attached hydrogen (secondary N) is 1. The summed E-state index contributed by atoms with van der Waals surface area (Å²) in [7, 11) is 1.98. The van der Waals surface area contributed by atoms with Gasteiger partial charge < -0.3 is 9.84 Å². The van der Waals surface area contributed by atoms with Crippen molar-refractivity contribution < 1.29 is 4.52 Å². The Labute approximate surface area is 114 Å². The van der Waals surface area contributed by atoms with Crippen molar-refractivity contribution in [2.75, 3.05) is 0 Å². The highest BCUT2D eigenvalue weighted by molar-refractivity contribution is 5.28. The maximum Gasteiger partial charge on any atom is 0.138 e. The lowest BCUT2D eigenvalue weighted by Crippen LogP contribution is -2.20. The summed E-state index contributed by atoms with van der Waals surface area (Å²) in [5.74, 6) is 0.886. The van der Waals surface area contributed by atoms with E-state index in [1.54, 1.807) is 0 Å². The van der Waals surface area contributed by atoms with Gasteiger partial charge in [0.1, 0.15) is 5.76 Å². The Bertz CT molecular complexity index is 563. The summed E-state index contributed by atoms with van der Waals surface area (Å²) in [6, 6.07) is 0.252. The number of hydrogen-bond donors (Lipinski definition) is 1. The molecule has 0 aliphatic carbocycles. The van der Waals surface area contributed by atoms with E-state index in [9.17, 15) is 0 Å².